The van der Waals surface area contributed by atoms with Gasteiger partial charge in [-0.2, -0.15) is 0 Å². The quantitative estimate of drug-likeness (QED) is 0.595. The van der Waals surface area contributed by atoms with Gasteiger partial charge in [0.05, 0.1) is 11.4 Å². The Balaban J connectivity index is 2.15. The van der Waals surface area contributed by atoms with Crippen LogP contribution in [0.25, 0.3) is 0 Å². The van der Waals surface area contributed by atoms with E-state index in [-0.39, 0.29) is 5.41 Å². The number of nitrogen functional groups attached to an aromatic ring is 2. The molecule has 1 aromatic rings. The second-order valence-corrected chi connectivity index (χ2v) is 8.47. The summed E-state index contributed by atoms with van der Waals surface area (Å²) in [6.45, 7) is 0. The van der Waals surface area contributed by atoms with Crippen molar-refractivity contribution >= 4 is 20.2 Å². The molecule has 0 aromatic heterocycles. The van der Waals surface area contributed by atoms with E-state index in [9.17, 15) is 0 Å². The molecule has 20 heavy (non-hydrogen) atoms. The van der Waals surface area contributed by atoms with Crippen LogP contribution in [0, 0.1) is 0 Å². The molecule has 1 aliphatic rings. The lowest BCUT2D eigenvalue weighted by molar-refractivity contribution is 0.122. The molecule has 0 radical (unpaired) electrons. The monoisotopic (exact) mass is 296 g/mol. The van der Waals surface area contributed by atoms with E-state index in [1.54, 1.807) is 21.3 Å². The van der Waals surface area contributed by atoms with Gasteiger partial charge in [-0.1, -0.05) is 12.1 Å². The van der Waals surface area contributed by atoms with Crippen molar-refractivity contribution in [1.29, 1.82) is 0 Å². The van der Waals surface area contributed by atoms with Gasteiger partial charge in [0.25, 0.3) is 0 Å². The zero-order valence-electron chi connectivity index (χ0n) is 12.4. The van der Waals surface area contributed by atoms with Crippen molar-refractivity contribution in [3.05, 3.63) is 23.8 Å². The van der Waals surface area contributed by atoms with Crippen LogP contribution in [-0.2, 0) is 18.7 Å². The van der Waals surface area contributed by atoms with E-state index in [1.165, 1.54) is 0 Å². The van der Waals surface area contributed by atoms with Crippen molar-refractivity contribution in [3.8, 4) is 0 Å². The summed E-state index contributed by atoms with van der Waals surface area (Å²) in [6.07, 6.45) is 3.20. The molecule has 4 N–H and O–H groups in total. The molecule has 6 heteroatoms. The van der Waals surface area contributed by atoms with Gasteiger partial charge in [0.2, 0.25) is 0 Å². The zero-order chi connectivity index (χ0) is 14.8. The second kappa shape index (κ2) is 5.73. The molecule has 1 saturated carbocycles. The van der Waals surface area contributed by atoms with Crippen LogP contribution in [0.3, 0.4) is 0 Å². The summed E-state index contributed by atoms with van der Waals surface area (Å²) in [5, 5.41) is 0. The van der Waals surface area contributed by atoms with Crippen LogP contribution in [0.15, 0.2) is 18.2 Å². The van der Waals surface area contributed by atoms with Crippen LogP contribution in [-0.4, -0.2) is 30.1 Å². The number of para-hydroxylation sites is 1. The van der Waals surface area contributed by atoms with E-state index < -0.39 is 8.80 Å². The lowest BCUT2D eigenvalue weighted by atomic mass is 9.91. The van der Waals surface area contributed by atoms with Gasteiger partial charge < -0.3 is 24.7 Å². The van der Waals surface area contributed by atoms with E-state index in [4.69, 9.17) is 24.7 Å². The van der Waals surface area contributed by atoms with Crippen molar-refractivity contribution < 1.29 is 13.3 Å². The highest BCUT2D eigenvalue weighted by molar-refractivity contribution is 6.60. The second-order valence-electron chi connectivity index (χ2n) is 5.38. The average molecular weight is 296 g/mol. The summed E-state index contributed by atoms with van der Waals surface area (Å²) in [6, 6.07) is 6.67. The summed E-state index contributed by atoms with van der Waals surface area (Å²) < 4.78 is 16.5. The molecule has 1 fully saturated rings. The van der Waals surface area contributed by atoms with Crippen molar-refractivity contribution in [2.45, 2.75) is 30.7 Å². The Bertz CT molecular complexity index is 465. The first-order valence-corrected chi connectivity index (χ1v) is 8.75. The minimum atomic E-state index is -2.52. The fraction of sp³-hybridized carbons (Fsp3) is 0.571. The van der Waals surface area contributed by atoms with Crippen molar-refractivity contribution in [3.63, 3.8) is 0 Å². The number of rotatable bonds is 7. The highest BCUT2D eigenvalue weighted by Crippen LogP contribution is 2.55. The van der Waals surface area contributed by atoms with E-state index >= 15 is 0 Å². The van der Waals surface area contributed by atoms with Crippen LogP contribution < -0.4 is 11.5 Å². The normalized spacial score (nSPS) is 17.1. The Morgan fingerprint density at radius 2 is 1.70 bits per heavy atom. The van der Waals surface area contributed by atoms with Crippen LogP contribution in [0.5, 0.6) is 0 Å². The molecular formula is C14H24N2O3Si. The smallest absolute Gasteiger partial charge is 0.397 e. The molecule has 0 aliphatic heterocycles. The molecule has 0 spiro atoms. The molecule has 112 valence electrons. The molecule has 0 heterocycles. The largest absolute Gasteiger partial charge is 0.500 e. The first-order chi connectivity index (χ1) is 9.52. The summed E-state index contributed by atoms with van der Waals surface area (Å²) in [5.74, 6) is 0. The average Bonchev–Trinajstić information content (AvgIpc) is 3.25. The van der Waals surface area contributed by atoms with Gasteiger partial charge in [-0.3, -0.25) is 0 Å². The summed E-state index contributed by atoms with van der Waals surface area (Å²) in [7, 11) is 2.42. The van der Waals surface area contributed by atoms with Crippen molar-refractivity contribution in [2.75, 3.05) is 32.8 Å². The Hall–Kier alpha value is -1.08. The van der Waals surface area contributed by atoms with Crippen molar-refractivity contribution in [1.82, 2.24) is 0 Å². The first kappa shape index (κ1) is 15.3. The maximum Gasteiger partial charge on any atom is 0.500 e. The van der Waals surface area contributed by atoms with Gasteiger partial charge >= 0.3 is 8.80 Å². The fourth-order valence-corrected chi connectivity index (χ4v) is 4.70. The molecule has 2 rings (SSSR count). The van der Waals surface area contributed by atoms with Crippen molar-refractivity contribution in [2.24, 2.45) is 0 Å². The molecular weight excluding hydrogens is 272 g/mol. The standard InChI is InChI=1S/C14H24N2O3Si/c1-17-20(18-2,19-3)10-9-14(7-8-14)11-5-4-6-12(15)13(11)16/h4-6H,7-10,15-16H2,1-3H3. The predicted molar refractivity (Wildman–Crippen MR) is 82.4 cm³/mol. The highest BCUT2D eigenvalue weighted by atomic mass is 28.4. The topological polar surface area (TPSA) is 79.7 Å². The minimum absolute atomic E-state index is 0.118. The summed E-state index contributed by atoms with van der Waals surface area (Å²) in [4.78, 5) is 0. The molecule has 1 aromatic carbocycles. The molecule has 0 saturated heterocycles. The van der Waals surface area contributed by atoms with Gasteiger partial charge in [0.15, 0.2) is 0 Å². The summed E-state index contributed by atoms with van der Waals surface area (Å²) >= 11 is 0. The van der Waals surface area contributed by atoms with Crippen LogP contribution in [0.4, 0.5) is 11.4 Å². The molecule has 0 unspecified atom stereocenters. The number of anilines is 2. The number of hydrogen-bond donors (Lipinski definition) is 2. The summed E-state index contributed by atoms with van der Waals surface area (Å²) in [5.41, 5.74) is 14.7. The number of benzene rings is 1. The third-order valence-electron chi connectivity index (χ3n) is 4.41. The van der Waals surface area contributed by atoms with Crippen LogP contribution in [0.1, 0.15) is 24.8 Å². The number of nitrogens with two attached hydrogens (primary N) is 2. The van der Waals surface area contributed by atoms with E-state index in [0.29, 0.717) is 11.4 Å². The van der Waals surface area contributed by atoms with Crippen LogP contribution >= 0.6 is 0 Å². The van der Waals surface area contributed by atoms with E-state index in [1.807, 2.05) is 12.1 Å². The third-order valence-corrected chi connectivity index (χ3v) is 7.14. The van der Waals surface area contributed by atoms with Gasteiger partial charge in [-0.15, -0.1) is 0 Å². The van der Waals surface area contributed by atoms with Gasteiger partial charge in [-0.05, 0) is 36.3 Å². The van der Waals surface area contributed by atoms with Crippen LogP contribution in [0.2, 0.25) is 6.04 Å². The lowest BCUT2D eigenvalue weighted by Crippen LogP contribution is -2.43. The molecule has 1 aliphatic carbocycles. The molecule has 0 bridgehead atoms. The molecule has 0 amide bonds. The maximum atomic E-state index is 6.14. The SMILES string of the molecule is CO[Si](CCC1(c2cccc(N)c2N)CC1)(OC)OC. The van der Waals surface area contributed by atoms with E-state index in [0.717, 1.165) is 30.9 Å². The Morgan fingerprint density at radius 3 is 2.20 bits per heavy atom. The molecule has 5 nitrogen and oxygen atoms in total. The maximum absolute atomic E-state index is 6.14. The fourth-order valence-electron chi connectivity index (χ4n) is 2.80. The zero-order valence-corrected chi connectivity index (χ0v) is 13.4. The van der Waals surface area contributed by atoms with E-state index in [2.05, 4.69) is 6.07 Å². The van der Waals surface area contributed by atoms with Gasteiger partial charge in [-0.25, -0.2) is 0 Å². The molecule has 0 atom stereocenters. The van der Waals surface area contributed by atoms with Gasteiger partial charge in [0.1, 0.15) is 0 Å². The third kappa shape index (κ3) is 2.69. The lowest BCUT2D eigenvalue weighted by Gasteiger charge is -2.27. The first-order valence-electron chi connectivity index (χ1n) is 6.82. The minimum Gasteiger partial charge on any atom is -0.397 e. The Morgan fingerprint density at radius 1 is 1.10 bits per heavy atom. The number of hydrogen-bond acceptors (Lipinski definition) is 5. The Labute approximate surface area is 121 Å². The highest BCUT2D eigenvalue weighted by Gasteiger charge is 2.49. The van der Waals surface area contributed by atoms with Gasteiger partial charge in [0, 0.05) is 27.4 Å². The predicted octanol–water partition coefficient (Wildman–Crippen LogP) is 2.15. The Kier molecular flexibility index (Phi) is 4.39.